The van der Waals surface area contributed by atoms with E-state index in [0.717, 1.165) is 18.2 Å². The van der Waals surface area contributed by atoms with E-state index >= 15 is 0 Å². The van der Waals surface area contributed by atoms with Gasteiger partial charge in [-0.25, -0.2) is 8.78 Å². The first-order valence-electron chi connectivity index (χ1n) is 6.92. The van der Waals surface area contributed by atoms with Gasteiger partial charge in [-0.05, 0) is 23.8 Å². The molecule has 0 aliphatic carbocycles. The average molecular weight is 336 g/mol. The van der Waals surface area contributed by atoms with E-state index in [2.05, 4.69) is 0 Å². The van der Waals surface area contributed by atoms with Crippen LogP contribution in [0, 0.1) is 21.7 Å². The number of amides is 1. The second-order valence-electron chi connectivity index (χ2n) is 5.03. The van der Waals surface area contributed by atoms with Crippen LogP contribution in [-0.2, 0) is 11.3 Å². The number of carbonyl (C=O) groups excluding carboxylic acids is 1. The van der Waals surface area contributed by atoms with Gasteiger partial charge in [0.05, 0.1) is 4.92 Å². The highest BCUT2D eigenvalue weighted by atomic mass is 19.1. The Balaban J connectivity index is 1.98. The molecule has 0 aliphatic rings. The predicted octanol–water partition coefficient (Wildman–Crippen LogP) is 2.91. The number of rotatable bonds is 6. The van der Waals surface area contributed by atoms with Crippen molar-refractivity contribution in [2.24, 2.45) is 0 Å². The van der Waals surface area contributed by atoms with Gasteiger partial charge in [0.1, 0.15) is 11.6 Å². The summed E-state index contributed by atoms with van der Waals surface area (Å²) in [5.74, 6) is -1.86. The van der Waals surface area contributed by atoms with E-state index in [9.17, 15) is 23.7 Å². The monoisotopic (exact) mass is 336 g/mol. The Morgan fingerprint density at radius 2 is 1.79 bits per heavy atom. The van der Waals surface area contributed by atoms with Crippen LogP contribution in [0.2, 0.25) is 0 Å². The maximum absolute atomic E-state index is 13.2. The lowest BCUT2D eigenvalue weighted by Gasteiger charge is -2.17. The van der Waals surface area contributed by atoms with Crippen LogP contribution in [0.15, 0.2) is 42.5 Å². The molecule has 0 radical (unpaired) electrons. The standard InChI is InChI=1S/C16H14F2N2O4/c1-19(9-11-2-4-12(17)5-3-11)16(21)10-24-15-8-13(18)6-7-14(15)20(22)23/h2-8H,9-10H2,1H3. The minimum Gasteiger partial charge on any atom is -0.477 e. The van der Waals surface area contributed by atoms with Crippen LogP contribution in [0.5, 0.6) is 5.75 Å². The molecule has 126 valence electrons. The van der Waals surface area contributed by atoms with Crippen molar-refractivity contribution in [2.45, 2.75) is 6.54 Å². The molecule has 0 fully saturated rings. The van der Waals surface area contributed by atoms with Crippen LogP contribution in [0.25, 0.3) is 0 Å². The largest absolute Gasteiger partial charge is 0.477 e. The fourth-order valence-corrected chi connectivity index (χ4v) is 1.96. The van der Waals surface area contributed by atoms with Crippen LogP contribution in [0.3, 0.4) is 0 Å². The highest BCUT2D eigenvalue weighted by molar-refractivity contribution is 5.77. The molecule has 0 heterocycles. The summed E-state index contributed by atoms with van der Waals surface area (Å²) in [4.78, 5) is 23.5. The molecule has 0 saturated carbocycles. The number of nitro benzene ring substituents is 1. The van der Waals surface area contributed by atoms with Crippen molar-refractivity contribution in [3.05, 3.63) is 69.8 Å². The summed E-state index contributed by atoms with van der Waals surface area (Å²) < 4.78 is 31.1. The van der Waals surface area contributed by atoms with Crippen molar-refractivity contribution in [1.82, 2.24) is 4.90 Å². The molecule has 0 spiro atoms. The summed E-state index contributed by atoms with van der Waals surface area (Å²) in [7, 11) is 1.51. The van der Waals surface area contributed by atoms with Crippen molar-refractivity contribution in [3.63, 3.8) is 0 Å². The third-order valence-electron chi connectivity index (χ3n) is 3.23. The molecule has 0 aromatic heterocycles. The number of halogens is 2. The molecule has 0 N–H and O–H groups in total. The highest BCUT2D eigenvalue weighted by Gasteiger charge is 2.18. The van der Waals surface area contributed by atoms with Crippen molar-refractivity contribution in [2.75, 3.05) is 13.7 Å². The van der Waals surface area contributed by atoms with Crippen LogP contribution < -0.4 is 4.74 Å². The van der Waals surface area contributed by atoms with Gasteiger partial charge in [0.15, 0.2) is 6.61 Å². The second-order valence-corrected chi connectivity index (χ2v) is 5.03. The zero-order valence-electron chi connectivity index (χ0n) is 12.7. The highest BCUT2D eigenvalue weighted by Crippen LogP contribution is 2.27. The summed E-state index contributed by atoms with van der Waals surface area (Å²) in [5.41, 5.74) is 0.286. The summed E-state index contributed by atoms with van der Waals surface area (Å²) in [6.45, 7) is -0.268. The minimum atomic E-state index is -0.721. The quantitative estimate of drug-likeness (QED) is 0.600. The average Bonchev–Trinajstić information content (AvgIpc) is 2.54. The van der Waals surface area contributed by atoms with E-state index in [1.165, 1.54) is 36.2 Å². The second kappa shape index (κ2) is 7.49. The maximum Gasteiger partial charge on any atom is 0.311 e. The molecule has 0 aliphatic heterocycles. The first-order chi connectivity index (χ1) is 11.4. The molecule has 6 nitrogen and oxygen atoms in total. The number of carbonyl (C=O) groups is 1. The Morgan fingerprint density at radius 3 is 2.42 bits per heavy atom. The lowest BCUT2D eigenvalue weighted by Crippen LogP contribution is -2.31. The molecule has 2 aromatic carbocycles. The number of ether oxygens (including phenoxy) is 1. The van der Waals surface area contributed by atoms with Crippen LogP contribution >= 0.6 is 0 Å². The number of likely N-dealkylation sites (N-methyl/N-ethyl adjacent to an activating group) is 1. The molecule has 0 saturated heterocycles. The van der Waals surface area contributed by atoms with E-state index in [0.29, 0.717) is 5.56 Å². The van der Waals surface area contributed by atoms with Gasteiger partial charge in [-0.3, -0.25) is 14.9 Å². The van der Waals surface area contributed by atoms with Crippen LogP contribution in [-0.4, -0.2) is 29.4 Å². The van der Waals surface area contributed by atoms with E-state index in [4.69, 9.17) is 4.74 Å². The Labute approximate surface area is 136 Å². The maximum atomic E-state index is 13.2. The molecular formula is C16H14F2N2O4. The summed E-state index contributed by atoms with van der Waals surface area (Å²) in [5, 5.41) is 10.9. The summed E-state index contributed by atoms with van der Waals surface area (Å²) in [6, 6.07) is 8.39. The Morgan fingerprint density at radius 1 is 1.17 bits per heavy atom. The summed E-state index contributed by atoms with van der Waals surface area (Å²) in [6.07, 6.45) is 0. The van der Waals surface area contributed by atoms with E-state index in [1.807, 2.05) is 0 Å². The first-order valence-corrected chi connectivity index (χ1v) is 6.92. The summed E-state index contributed by atoms with van der Waals surface area (Å²) >= 11 is 0. The molecule has 0 bridgehead atoms. The zero-order chi connectivity index (χ0) is 17.7. The van der Waals surface area contributed by atoms with Crippen molar-refractivity contribution >= 4 is 11.6 Å². The van der Waals surface area contributed by atoms with Crippen molar-refractivity contribution in [3.8, 4) is 5.75 Å². The van der Waals surface area contributed by atoms with Gasteiger partial charge in [-0.15, -0.1) is 0 Å². The number of nitro groups is 1. The Hall–Kier alpha value is -3.03. The molecule has 2 rings (SSSR count). The Kier molecular flexibility index (Phi) is 5.41. The van der Waals surface area contributed by atoms with Crippen molar-refractivity contribution in [1.29, 1.82) is 0 Å². The first kappa shape index (κ1) is 17.3. The molecule has 2 aromatic rings. The van der Waals surface area contributed by atoms with Crippen LogP contribution in [0.4, 0.5) is 14.5 Å². The van der Waals surface area contributed by atoms with Crippen molar-refractivity contribution < 1.29 is 23.2 Å². The minimum absolute atomic E-state index is 0.216. The topological polar surface area (TPSA) is 72.7 Å². The third-order valence-corrected chi connectivity index (χ3v) is 3.23. The Bertz CT molecular complexity index is 750. The van der Waals surface area contributed by atoms with Gasteiger partial charge >= 0.3 is 5.69 Å². The van der Waals surface area contributed by atoms with Gasteiger partial charge in [0.2, 0.25) is 5.75 Å². The van der Waals surface area contributed by atoms with Gasteiger partial charge < -0.3 is 9.64 Å². The van der Waals surface area contributed by atoms with Crippen LogP contribution in [0.1, 0.15) is 5.56 Å². The van der Waals surface area contributed by atoms with E-state index < -0.39 is 28.9 Å². The number of nitrogens with zero attached hydrogens (tertiary/aromatic N) is 2. The third kappa shape index (κ3) is 4.48. The lowest BCUT2D eigenvalue weighted by molar-refractivity contribution is -0.385. The molecule has 24 heavy (non-hydrogen) atoms. The fourth-order valence-electron chi connectivity index (χ4n) is 1.96. The number of hydrogen-bond acceptors (Lipinski definition) is 4. The van der Waals surface area contributed by atoms with E-state index in [1.54, 1.807) is 0 Å². The molecule has 0 unspecified atom stereocenters. The predicted molar refractivity (Wildman–Crippen MR) is 81.4 cm³/mol. The van der Waals surface area contributed by atoms with Gasteiger partial charge in [0, 0.05) is 25.7 Å². The lowest BCUT2D eigenvalue weighted by atomic mass is 10.2. The van der Waals surface area contributed by atoms with Gasteiger partial charge in [-0.2, -0.15) is 0 Å². The van der Waals surface area contributed by atoms with Gasteiger partial charge in [-0.1, -0.05) is 12.1 Å². The van der Waals surface area contributed by atoms with E-state index in [-0.39, 0.29) is 18.1 Å². The molecule has 8 heteroatoms. The zero-order valence-corrected chi connectivity index (χ0v) is 12.7. The molecular weight excluding hydrogens is 322 g/mol. The fraction of sp³-hybridized carbons (Fsp3) is 0.188. The van der Waals surface area contributed by atoms with Gasteiger partial charge in [0.25, 0.3) is 5.91 Å². The molecule has 1 amide bonds. The SMILES string of the molecule is CN(Cc1ccc(F)cc1)C(=O)COc1cc(F)ccc1[N+](=O)[O-]. The smallest absolute Gasteiger partial charge is 0.311 e. The molecule has 0 atom stereocenters. The number of hydrogen-bond donors (Lipinski definition) is 0. The normalized spacial score (nSPS) is 10.3. The number of benzene rings is 2.